The maximum atomic E-state index is 12.6. The van der Waals surface area contributed by atoms with Gasteiger partial charge in [0.2, 0.25) is 0 Å². The Morgan fingerprint density at radius 1 is 0.633 bits per heavy atom. The Kier molecular flexibility index (Phi) is 6.23. The molecule has 0 atom stereocenters. The SMILES string of the molecule is O=C(Nc1ccc(C(=O)NC2CCCCC2)cc1)c1ccc(-c2ccccc2)cc1. The van der Waals surface area contributed by atoms with E-state index < -0.39 is 0 Å². The lowest BCUT2D eigenvalue weighted by molar-refractivity contribution is 0.0927. The zero-order chi connectivity index (χ0) is 20.8. The summed E-state index contributed by atoms with van der Waals surface area (Å²) in [7, 11) is 0. The molecule has 2 N–H and O–H groups in total. The molecular weight excluding hydrogens is 372 g/mol. The molecule has 3 aromatic rings. The second-order valence-electron chi connectivity index (χ2n) is 7.78. The van der Waals surface area contributed by atoms with Gasteiger partial charge in [-0.15, -0.1) is 0 Å². The Labute approximate surface area is 177 Å². The molecule has 4 nitrogen and oxygen atoms in total. The summed E-state index contributed by atoms with van der Waals surface area (Å²) in [6, 6.07) is 24.9. The molecule has 0 heterocycles. The average Bonchev–Trinajstić information content (AvgIpc) is 2.81. The summed E-state index contributed by atoms with van der Waals surface area (Å²) in [5, 5.41) is 6.01. The van der Waals surface area contributed by atoms with Crippen molar-refractivity contribution in [1.82, 2.24) is 5.32 Å². The van der Waals surface area contributed by atoms with Crippen molar-refractivity contribution in [2.24, 2.45) is 0 Å². The largest absolute Gasteiger partial charge is 0.349 e. The Morgan fingerprint density at radius 3 is 1.87 bits per heavy atom. The molecule has 4 heteroatoms. The molecule has 1 aliphatic rings. The molecule has 0 saturated heterocycles. The molecule has 0 unspecified atom stereocenters. The number of nitrogens with one attached hydrogen (secondary N) is 2. The number of hydrogen-bond donors (Lipinski definition) is 2. The van der Waals surface area contributed by atoms with Crippen molar-refractivity contribution in [3.8, 4) is 11.1 Å². The number of benzene rings is 3. The summed E-state index contributed by atoms with van der Waals surface area (Å²) in [5.41, 5.74) is 4.06. The molecule has 1 fully saturated rings. The Hall–Kier alpha value is -3.40. The highest BCUT2D eigenvalue weighted by atomic mass is 16.2. The maximum absolute atomic E-state index is 12.6. The first kappa shape index (κ1) is 19.9. The smallest absolute Gasteiger partial charge is 0.255 e. The van der Waals surface area contributed by atoms with Crippen LogP contribution in [0.4, 0.5) is 5.69 Å². The van der Waals surface area contributed by atoms with E-state index >= 15 is 0 Å². The number of amides is 2. The third-order valence-electron chi connectivity index (χ3n) is 5.60. The van der Waals surface area contributed by atoms with E-state index in [-0.39, 0.29) is 17.9 Å². The van der Waals surface area contributed by atoms with Crippen LogP contribution in [0.5, 0.6) is 0 Å². The first-order valence-corrected chi connectivity index (χ1v) is 10.6. The highest BCUT2D eigenvalue weighted by Crippen LogP contribution is 2.20. The fraction of sp³-hybridized carbons (Fsp3) is 0.231. The molecule has 0 bridgehead atoms. The van der Waals surface area contributed by atoms with E-state index in [9.17, 15) is 9.59 Å². The van der Waals surface area contributed by atoms with E-state index in [2.05, 4.69) is 10.6 Å². The van der Waals surface area contributed by atoms with Crippen LogP contribution in [0.3, 0.4) is 0 Å². The number of rotatable bonds is 5. The van der Waals surface area contributed by atoms with Crippen molar-refractivity contribution in [2.75, 3.05) is 5.32 Å². The van der Waals surface area contributed by atoms with Crippen molar-refractivity contribution in [3.05, 3.63) is 90.0 Å². The summed E-state index contributed by atoms with van der Waals surface area (Å²) >= 11 is 0. The summed E-state index contributed by atoms with van der Waals surface area (Å²) in [6.45, 7) is 0. The lowest BCUT2D eigenvalue weighted by Crippen LogP contribution is -2.36. The molecule has 2 amide bonds. The molecular formula is C26H26N2O2. The molecule has 1 saturated carbocycles. The molecule has 3 aromatic carbocycles. The summed E-state index contributed by atoms with van der Waals surface area (Å²) in [6.07, 6.45) is 5.74. The van der Waals surface area contributed by atoms with Gasteiger partial charge in [-0.3, -0.25) is 9.59 Å². The average molecular weight is 399 g/mol. The van der Waals surface area contributed by atoms with Gasteiger partial charge in [-0.1, -0.05) is 61.7 Å². The molecule has 0 aliphatic heterocycles. The van der Waals surface area contributed by atoms with Crippen molar-refractivity contribution >= 4 is 17.5 Å². The molecule has 0 spiro atoms. The molecule has 1 aliphatic carbocycles. The van der Waals surface area contributed by atoms with E-state index in [0.29, 0.717) is 16.8 Å². The third-order valence-corrected chi connectivity index (χ3v) is 5.60. The minimum absolute atomic E-state index is 0.0451. The van der Waals surface area contributed by atoms with Crippen LogP contribution in [0.1, 0.15) is 52.8 Å². The standard InChI is InChI=1S/C26H26N2O2/c29-25(21-13-11-20(12-14-21)19-7-3-1-4-8-19)28-24-17-15-22(16-18-24)26(30)27-23-9-5-2-6-10-23/h1,3-4,7-8,11-18,23H,2,5-6,9-10H2,(H,27,30)(H,28,29). The van der Waals surface area contributed by atoms with E-state index in [0.717, 1.165) is 24.0 Å². The van der Waals surface area contributed by atoms with Crippen molar-refractivity contribution in [1.29, 1.82) is 0 Å². The van der Waals surface area contributed by atoms with Gasteiger partial charge in [0, 0.05) is 22.9 Å². The van der Waals surface area contributed by atoms with Crippen molar-refractivity contribution in [3.63, 3.8) is 0 Å². The van der Waals surface area contributed by atoms with Gasteiger partial charge in [0.1, 0.15) is 0 Å². The van der Waals surface area contributed by atoms with Gasteiger partial charge < -0.3 is 10.6 Å². The number of hydrogen-bond acceptors (Lipinski definition) is 2. The Balaban J connectivity index is 1.35. The van der Waals surface area contributed by atoms with Gasteiger partial charge in [0.25, 0.3) is 11.8 Å². The third kappa shape index (κ3) is 4.95. The van der Waals surface area contributed by atoms with E-state index in [1.165, 1.54) is 19.3 Å². The van der Waals surface area contributed by atoms with Crippen LogP contribution in [-0.2, 0) is 0 Å². The predicted molar refractivity (Wildman–Crippen MR) is 121 cm³/mol. The molecule has 30 heavy (non-hydrogen) atoms. The molecule has 4 rings (SSSR count). The lowest BCUT2D eigenvalue weighted by Gasteiger charge is -2.22. The van der Waals surface area contributed by atoms with Gasteiger partial charge in [-0.2, -0.15) is 0 Å². The Bertz CT molecular complexity index is 989. The van der Waals surface area contributed by atoms with Gasteiger partial charge in [-0.05, 0) is 60.4 Å². The second kappa shape index (κ2) is 9.40. The fourth-order valence-electron chi connectivity index (χ4n) is 3.87. The van der Waals surface area contributed by atoms with Crippen LogP contribution in [0.25, 0.3) is 11.1 Å². The lowest BCUT2D eigenvalue weighted by atomic mass is 9.95. The zero-order valence-corrected chi connectivity index (χ0v) is 16.9. The quantitative estimate of drug-likeness (QED) is 0.582. The summed E-state index contributed by atoms with van der Waals surface area (Å²) in [5.74, 6) is -0.217. The molecule has 152 valence electrons. The fourth-order valence-corrected chi connectivity index (χ4v) is 3.87. The minimum Gasteiger partial charge on any atom is -0.349 e. The predicted octanol–water partition coefficient (Wildman–Crippen LogP) is 5.67. The van der Waals surface area contributed by atoms with Gasteiger partial charge in [-0.25, -0.2) is 0 Å². The number of carbonyl (C=O) groups is 2. The minimum atomic E-state index is -0.172. The van der Waals surface area contributed by atoms with Crippen molar-refractivity contribution < 1.29 is 9.59 Å². The second-order valence-corrected chi connectivity index (χ2v) is 7.78. The van der Waals surface area contributed by atoms with Gasteiger partial charge in [0.15, 0.2) is 0 Å². The van der Waals surface area contributed by atoms with Crippen LogP contribution in [0.15, 0.2) is 78.9 Å². The van der Waals surface area contributed by atoms with Crippen LogP contribution in [0.2, 0.25) is 0 Å². The topological polar surface area (TPSA) is 58.2 Å². The summed E-state index contributed by atoms with van der Waals surface area (Å²) < 4.78 is 0. The summed E-state index contributed by atoms with van der Waals surface area (Å²) in [4.78, 5) is 25.0. The van der Waals surface area contributed by atoms with Gasteiger partial charge in [0.05, 0.1) is 0 Å². The van der Waals surface area contributed by atoms with Crippen LogP contribution >= 0.6 is 0 Å². The van der Waals surface area contributed by atoms with Crippen LogP contribution < -0.4 is 10.6 Å². The van der Waals surface area contributed by atoms with Crippen molar-refractivity contribution in [2.45, 2.75) is 38.1 Å². The van der Waals surface area contributed by atoms with Crippen LogP contribution in [0, 0.1) is 0 Å². The first-order valence-electron chi connectivity index (χ1n) is 10.6. The number of anilines is 1. The number of carbonyl (C=O) groups excluding carboxylic acids is 2. The highest BCUT2D eigenvalue weighted by Gasteiger charge is 2.16. The maximum Gasteiger partial charge on any atom is 0.255 e. The van der Waals surface area contributed by atoms with E-state index in [1.807, 2.05) is 54.6 Å². The highest BCUT2D eigenvalue weighted by molar-refractivity contribution is 6.04. The zero-order valence-electron chi connectivity index (χ0n) is 16.9. The van der Waals surface area contributed by atoms with E-state index in [1.54, 1.807) is 24.3 Å². The van der Waals surface area contributed by atoms with E-state index in [4.69, 9.17) is 0 Å². The first-order chi connectivity index (χ1) is 14.7. The molecule has 0 radical (unpaired) electrons. The van der Waals surface area contributed by atoms with Gasteiger partial charge >= 0.3 is 0 Å². The Morgan fingerprint density at radius 2 is 1.20 bits per heavy atom. The monoisotopic (exact) mass is 398 g/mol. The normalized spacial score (nSPS) is 14.1. The molecule has 0 aromatic heterocycles. The van der Waals surface area contributed by atoms with Crippen LogP contribution in [-0.4, -0.2) is 17.9 Å².